The van der Waals surface area contributed by atoms with E-state index in [1.165, 1.54) is 173 Å². The van der Waals surface area contributed by atoms with Gasteiger partial charge in [0.15, 0.2) is 6.10 Å². The average molecular weight is 1060 g/mol. The Hall–Kier alpha value is -3.67. The van der Waals surface area contributed by atoms with Crippen LogP contribution in [0.15, 0.2) is 97.2 Å². The topological polar surface area (TPSA) is 78.9 Å². The molecule has 0 amide bonds. The highest BCUT2D eigenvalue weighted by atomic mass is 16.6. The molecule has 1 unspecified atom stereocenters. The number of allylic oxidation sites excluding steroid dienone is 16. The molecule has 76 heavy (non-hydrogen) atoms. The fourth-order valence-electron chi connectivity index (χ4n) is 9.10. The second-order valence-electron chi connectivity index (χ2n) is 21.3. The van der Waals surface area contributed by atoms with Crippen LogP contribution in [0.3, 0.4) is 0 Å². The summed E-state index contributed by atoms with van der Waals surface area (Å²) in [5, 5.41) is 0. The molecule has 0 rings (SSSR count). The molecule has 0 radical (unpaired) electrons. The van der Waals surface area contributed by atoms with Gasteiger partial charge in [0.1, 0.15) is 13.2 Å². The standard InChI is InChI=1S/C70H120O6/c1-4-7-10-13-16-19-22-25-27-28-29-30-31-32-33-34-35-36-37-38-39-40-41-43-45-48-51-54-57-60-63-69(72)75-66-67(65-74-68(71)62-59-56-53-50-47-44-24-21-18-15-12-9-6-3)76-70(73)64-61-58-55-52-49-46-42-26-23-20-17-14-11-8-5-2/h8-9,11-12,17-18,20-21,26,42,44,47,49,52-53,56,67H,4-7,10,13-16,19,22-25,27-41,43,45-46,48,50-51,54-55,57-66H2,1-3H3/b11-8-,12-9-,20-17-,21-18-,42-26-,47-44-,52-49-,56-53-. The highest BCUT2D eigenvalue weighted by molar-refractivity contribution is 5.71. The quantitative estimate of drug-likeness (QED) is 0.0261. The minimum Gasteiger partial charge on any atom is -0.462 e. The van der Waals surface area contributed by atoms with E-state index in [9.17, 15) is 14.4 Å². The Kier molecular flexibility index (Phi) is 60.8. The molecule has 0 aliphatic heterocycles. The van der Waals surface area contributed by atoms with Gasteiger partial charge in [-0.25, -0.2) is 0 Å². The first-order valence-corrected chi connectivity index (χ1v) is 32.2. The molecule has 0 spiro atoms. The van der Waals surface area contributed by atoms with Crippen molar-refractivity contribution in [1.82, 2.24) is 0 Å². The second kappa shape index (κ2) is 63.9. The maximum absolute atomic E-state index is 12.8. The summed E-state index contributed by atoms with van der Waals surface area (Å²) in [5.74, 6) is -1.04. The van der Waals surface area contributed by atoms with Gasteiger partial charge in [0.25, 0.3) is 0 Å². The summed E-state index contributed by atoms with van der Waals surface area (Å²) < 4.78 is 16.8. The number of rotatable bonds is 58. The van der Waals surface area contributed by atoms with Gasteiger partial charge in [0, 0.05) is 19.3 Å². The van der Waals surface area contributed by atoms with Crippen LogP contribution < -0.4 is 0 Å². The van der Waals surface area contributed by atoms with Crippen molar-refractivity contribution < 1.29 is 28.6 Å². The number of carbonyl (C=O) groups is 3. The monoisotopic (exact) mass is 1060 g/mol. The molecule has 0 aliphatic rings. The Morgan fingerprint density at radius 1 is 0.276 bits per heavy atom. The fraction of sp³-hybridized carbons (Fsp3) is 0.729. The largest absolute Gasteiger partial charge is 0.462 e. The summed E-state index contributed by atoms with van der Waals surface area (Å²) in [4.78, 5) is 38.1. The molecular formula is C70H120O6. The van der Waals surface area contributed by atoms with Crippen molar-refractivity contribution >= 4 is 17.9 Å². The zero-order valence-corrected chi connectivity index (χ0v) is 50.0. The first kappa shape index (κ1) is 72.3. The van der Waals surface area contributed by atoms with E-state index in [-0.39, 0.29) is 44.0 Å². The van der Waals surface area contributed by atoms with Gasteiger partial charge in [-0.15, -0.1) is 0 Å². The Bertz CT molecular complexity index is 1490. The van der Waals surface area contributed by atoms with Gasteiger partial charge in [-0.3, -0.25) is 14.4 Å². The van der Waals surface area contributed by atoms with Crippen LogP contribution in [0.25, 0.3) is 0 Å². The SMILES string of the molecule is CC/C=C\C/C=C\C/C=C\C/C=C\CCCCC(=O)OC(COC(=O)CC/C=C\C/C=C\C/C=C\C/C=C\CC)COC(=O)CCCCCCCCCCCCCCCCCCCCCCCCCCCCCCCC. The summed E-state index contributed by atoms with van der Waals surface area (Å²) in [6.45, 7) is 6.34. The lowest BCUT2D eigenvalue weighted by Gasteiger charge is -2.18. The molecule has 1 atom stereocenters. The second-order valence-corrected chi connectivity index (χ2v) is 21.3. The minimum absolute atomic E-state index is 0.115. The number of ether oxygens (including phenoxy) is 3. The van der Waals surface area contributed by atoms with E-state index >= 15 is 0 Å². The maximum Gasteiger partial charge on any atom is 0.306 e. The predicted octanol–water partition coefficient (Wildman–Crippen LogP) is 22.0. The number of esters is 3. The normalized spacial score (nSPS) is 12.7. The van der Waals surface area contributed by atoms with Crippen molar-refractivity contribution in [1.29, 1.82) is 0 Å². The molecular weight excluding hydrogens is 937 g/mol. The smallest absolute Gasteiger partial charge is 0.306 e. The molecule has 0 aromatic rings. The fourth-order valence-corrected chi connectivity index (χ4v) is 9.10. The van der Waals surface area contributed by atoms with Crippen LogP contribution in [0.5, 0.6) is 0 Å². The van der Waals surface area contributed by atoms with Crippen molar-refractivity contribution in [2.45, 2.75) is 316 Å². The molecule has 0 aromatic carbocycles. The summed E-state index contributed by atoms with van der Waals surface area (Å²) in [6.07, 6.45) is 86.1. The van der Waals surface area contributed by atoms with Gasteiger partial charge in [-0.05, 0) is 83.5 Å². The van der Waals surface area contributed by atoms with Crippen LogP contribution in [-0.4, -0.2) is 37.2 Å². The van der Waals surface area contributed by atoms with E-state index in [1.807, 2.05) is 12.2 Å². The maximum atomic E-state index is 12.8. The van der Waals surface area contributed by atoms with Gasteiger partial charge in [-0.1, -0.05) is 304 Å². The van der Waals surface area contributed by atoms with Crippen LogP contribution in [0.2, 0.25) is 0 Å². The number of carbonyl (C=O) groups excluding carboxylic acids is 3. The van der Waals surface area contributed by atoms with E-state index < -0.39 is 6.10 Å². The number of hydrogen-bond donors (Lipinski definition) is 0. The molecule has 0 fully saturated rings. The van der Waals surface area contributed by atoms with Gasteiger partial charge >= 0.3 is 17.9 Å². The first-order valence-electron chi connectivity index (χ1n) is 32.2. The molecule has 0 saturated heterocycles. The lowest BCUT2D eigenvalue weighted by atomic mass is 10.0. The molecule has 0 aliphatic carbocycles. The molecule has 0 saturated carbocycles. The molecule has 0 N–H and O–H groups in total. The summed E-state index contributed by atoms with van der Waals surface area (Å²) >= 11 is 0. The summed E-state index contributed by atoms with van der Waals surface area (Å²) in [6, 6.07) is 0. The summed E-state index contributed by atoms with van der Waals surface area (Å²) in [5.41, 5.74) is 0. The number of hydrogen-bond acceptors (Lipinski definition) is 6. The minimum atomic E-state index is -0.828. The molecule has 6 nitrogen and oxygen atoms in total. The lowest BCUT2D eigenvalue weighted by Crippen LogP contribution is -2.30. The first-order chi connectivity index (χ1) is 37.5. The third-order valence-corrected chi connectivity index (χ3v) is 13.8. The molecule has 0 bridgehead atoms. The van der Waals surface area contributed by atoms with E-state index in [1.54, 1.807) is 0 Å². The van der Waals surface area contributed by atoms with E-state index in [2.05, 4.69) is 106 Å². The van der Waals surface area contributed by atoms with Gasteiger partial charge in [0.05, 0.1) is 0 Å². The van der Waals surface area contributed by atoms with Crippen molar-refractivity contribution in [3.05, 3.63) is 97.2 Å². The van der Waals surface area contributed by atoms with Crippen molar-refractivity contribution in [3.63, 3.8) is 0 Å². The third kappa shape index (κ3) is 61.2. The Balaban J connectivity index is 4.22. The van der Waals surface area contributed by atoms with Crippen LogP contribution in [0.1, 0.15) is 310 Å². The predicted molar refractivity (Wildman–Crippen MR) is 330 cm³/mol. The Morgan fingerprint density at radius 2 is 0.539 bits per heavy atom. The van der Waals surface area contributed by atoms with E-state index in [0.29, 0.717) is 19.3 Å². The van der Waals surface area contributed by atoms with Gasteiger partial charge in [-0.2, -0.15) is 0 Å². The zero-order chi connectivity index (χ0) is 55.0. The molecule has 0 aromatic heterocycles. The van der Waals surface area contributed by atoms with Crippen LogP contribution >= 0.6 is 0 Å². The van der Waals surface area contributed by atoms with Gasteiger partial charge in [0.2, 0.25) is 0 Å². The van der Waals surface area contributed by atoms with Crippen molar-refractivity contribution in [2.75, 3.05) is 13.2 Å². The van der Waals surface area contributed by atoms with Crippen LogP contribution in [0.4, 0.5) is 0 Å². The Morgan fingerprint density at radius 3 is 0.882 bits per heavy atom. The number of unbranched alkanes of at least 4 members (excludes halogenated alkanes) is 31. The lowest BCUT2D eigenvalue weighted by molar-refractivity contribution is -0.166. The third-order valence-electron chi connectivity index (χ3n) is 13.8. The Labute approximate surface area is 470 Å². The van der Waals surface area contributed by atoms with Crippen molar-refractivity contribution in [3.8, 4) is 0 Å². The zero-order valence-electron chi connectivity index (χ0n) is 50.0. The summed E-state index contributed by atoms with van der Waals surface area (Å²) in [7, 11) is 0. The highest BCUT2D eigenvalue weighted by Gasteiger charge is 2.19. The molecule has 0 heterocycles. The van der Waals surface area contributed by atoms with Crippen LogP contribution in [-0.2, 0) is 28.6 Å². The average Bonchev–Trinajstić information content (AvgIpc) is 3.42. The van der Waals surface area contributed by atoms with Crippen LogP contribution in [0, 0.1) is 0 Å². The molecule has 436 valence electrons. The highest BCUT2D eigenvalue weighted by Crippen LogP contribution is 2.17. The molecule has 6 heteroatoms. The van der Waals surface area contributed by atoms with Gasteiger partial charge < -0.3 is 14.2 Å². The van der Waals surface area contributed by atoms with Crippen molar-refractivity contribution in [2.24, 2.45) is 0 Å². The van der Waals surface area contributed by atoms with E-state index in [4.69, 9.17) is 14.2 Å². The van der Waals surface area contributed by atoms with E-state index in [0.717, 1.165) is 83.5 Å².